The second-order valence-electron chi connectivity index (χ2n) is 4.36. The maximum atomic E-state index is 11.8. The molecule has 1 aromatic heterocycles. The standard InChI is InChI=1S/C12H16N2O3/c1-8-9(12(16)17)7-13-11(15)10(8)14-5-3-2-4-6-14/h7H,2-6H2,1H3,(H,13,15)(H,16,17). The molecule has 92 valence electrons. The van der Waals surface area contributed by atoms with Crippen molar-refractivity contribution < 1.29 is 9.90 Å². The summed E-state index contributed by atoms with van der Waals surface area (Å²) in [4.78, 5) is 27.4. The molecule has 0 unspecified atom stereocenters. The van der Waals surface area contributed by atoms with E-state index >= 15 is 0 Å². The van der Waals surface area contributed by atoms with Gasteiger partial charge in [0.1, 0.15) is 5.69 Å². The van der Waals surface area contributed by atoms with Crippen LogP contribution < -0.4 is 10.5 Å². The molecule has 2 heterocycles. The highest BCUT2D eigenvalue weighted by atomic mass is 16.4. The minimum atomic E-state index is -1.00. The zero-order valence-electron chi connectivity index (χ0n) is 9.82. The first-order chi connectivity index (χ1) is 8.11. The van der Waals surface area contributed by atoms with E-state index in [2.05, 4.69) is 4.98 Å². The van der Waals surface area contributed by atoms with Crippen molar-refractivity contribution in [1.82, 2.24) is 4.98 Å². The second-order valence-corrected chi connectivity index (χ2v) is 4.36. The number of pyridine rings is 1. The van der Waals surface area contributed by atoms with Crippen molar-refractivity contribution in [1.29, 1.82) is 0 Å². The normalized spacial score (nSPS) is 15.9. The lowest BCUT2D eigenvalue weighted by molar-refractivity contribution is 0.0695. The Morgan fingerprint density at radius 3 is 2.59 bits per heavy atom. The van der Waals surface area contributed by atoms with Crippen LogP contribution >= 0.6 is 0 Å². The van der Waals surface area contributed by atoms with Crippen molar-refractivity contribution >= 4 is 11.7 Å². The Balaban J connectivity index is 2.47. The molecule has 5 heteroatoms. The predicted molar refractivity (Wildman–Crippen MR) is 64.8 cm³/mol. The number of nitrogens with zero attached hydrogens (tertiary/aromatic N) is 1. The van der Waals surface area contributed by atoms with Crippen LogP contribution in [0.2, 0.25) is 0 Å². The number of rotatable bonds is 2. The summed E-state index contributed by atoms with van der Waals surface area (Å²) < 4.78 is 0. The smallest absolute Gasteiger partial charge is 0.337 e. The molecule has 1 aliphatic heterocycles. The lowest BCUT2D eigenvalue weighted by Crippen LogP contribution is -2.35. The maximum absolute atomic E-state index is 11.8. The maximum Gasteiger partial charge on any atom is 0.337 e. The van der Waals surface area contributed by atoms with Crippen LogP contribution in [0.1, 0.15) is 35.2 Å². The van der Waals surface area contributed by atoms with Crippen LogP contribution in [0.25, 0.3) is 0 Å². The third kappa shape index (κ3) is 2.18. The molecule has 0 radical (unpaired) electrons. The molecule has 0 saturated carbocycles. The number of anilines is 1. The number of piperidine rings is 1. The largest absolute Gasteiger partial charge is 0.478 e. The number of H-pyrrole nitrogens is 1. The SMILES string of the molecule is Cc1c(C(=O)O)c[nH]c(=O)c1N1CCCCC1. The number of hydrogen-bond acceptors (Lipinski definition) is 3. The number of carboxylic acids is 1. The summed E-state index contributed by atoms with van der Waals surface area (Å²) in [5.74, 6) is -1.00. The molecule has 0 bridgehead atoms. The monoisotopic (exact) mass is 236 g/mol. The Labute approximate surface area is 99.1 Å². The third-order valence-corrected chi connectivity index (χ3v) is 3.22. The Morgan fingerprint density at radius 2 is 2.00 bits per heavy atom. The molecule has 0 spiro atoms. The number of carbonyl (C=O) groups is 1. The van der Waals surface area contributed by atoms with Crippen LogP contribution in [-0.2, 0) is 0 Å². The van der Waals surface area contributed by atoms with Crippen LogP contribution in [-0.4, -0.2) is 29.1 Å². The molecule has 1 saturated heterocycles. The zero-order valence-corrected chi connectivity index (χ0v) is 9.82. The van der Waals surface area contributed by atoms with Gasteiger partial charge in [0.15, 0.2) is 0 Å². The fourth-order valence-electron chi connectivity index (χ4n) is 2.33. The summed E-state index contributed by atoms with van der Waals surface area (Å²) in [6, 6.07) is 0. The van der Waals surface area contributed by atoms with Crippen LogP contribution in [0.5, 0.6) is 0 Å². The number of aromatic nitrogens is 1. The first kappa shape index (κ1) is 11.7. The van der Waals surface area contributed by atoms with Crippen molar-refractivity contribution in [3.63, 3.8) is 0 Å². The van der Waals surface area contributed by atoms with Gasteiger partial charge in [0.25, 0.3) is 5.56 Å². The van der Waals surface area contributed by atoms with E-state index in [1.165, 1.54) is 12.6 Å². The van der Waals surface area contributed by atoms with Crippen LogP contribution in [0.15, 0.2) is 11.0 Å². The van der Waals surface area contributed by atoms with Crippen molar-refractivity contribution in [3.8, 4) is 0 Å². The lowest BCUT2D eigenvalue weighted by Gasteiger charge is -2.29. The highest BCUT2D eigenvalue weighted by Gasteiger charge is 2.20. The minimum Gasteiger partial charge on any atom is -0.478 e. The van der Waals surface area contributed by atoms with Gasteiger partial charge in [0, 0.05) is 19.3 Å². The molecular weight excluding hydrogens is 220 g/mol. The topological polar surface area (TPSA) is 73.4 Å². The molecule has 1 aliphatic rings. The van der Waals surface area contributed by atoms with Gasteiger partial charge in [0.2, 0.25) is 0 Å². The molecule has 2 N–H and O–H groups in total. The minimum absolute atomic E-state index is 0.171. The third-order valence-electron chi connectivity index (χ3n) is 3.22. The lowest BCUT2D eigenvalue weighted by atomic mass is 10.1. The van der Waals surface area contributed by atoms with E-state index in [4.69, 9.17) is 5.11 Å². The molecule has 1 fully saturated rings. The number of nitrogens with one attached hydrogen (secondary N) is 1. The van der Waals surface area contributed by atoms with Gasteiger partial charge in [-0.25, -0.2) is 4.79 Å². The fourth-order valence-corrected chi connectivity index (χ4v) is 2.33. The Kier molecular flexibility index (Phi) is 3.17. The highest BCUT2D eigenvalue weighted by Crippen LogP contribution is 2.21. The highest BCUT2D eigenvalue weighted by molar-refractivity contribution is 5.90. The van der Waals surface area contributed by atoms with Gasteiger partial charge in [0.05, 0.1) is 5.56 Å². The van der Waals surface area contributed by atoms with Crippen LogP contribution in [0.4, 0.5) is 5.69 Å². The molecule has 17 heavy (non-hydrogen) atoms. The average Bonchev–Trinajstić information content (AvgIpc) is 2.30. The molecule has 0 amide bonds. The molecule has 0 atom stereocenters. The van der Waals surface area contributed by atoms with E-state index in [0.717, 1.165) is 25.9 Å². The van der Waals surface area contributed by atoms with Crippen LogP contribution in [0.3, 0.4) is 0 Å². The summed E-state index contributed by atoms with van der Waals surface area (Å²) in [5.41, 5.74) is 1.05. The van der Waals surface area contributed by atoms with E-state index in [-0.39, 0.29) is 11.1 Å². The van der Waals surface area contributed by atoms with E-state index < -0.39 is 5.97 Å². The van der Waals surface area contributed by atoms with Crippen molar-refractivity contribution in [3.05, 3.63) is 27.7 Å². The predicted octanol–water partition coefficient (Wildman–Crippen LogP) is 1.37. The number of aromatic amines is 1. The number of carboxylic acid groups (broad SMARTS) is 1. The Morgan fingerprint density at radius 1 is 1.35 bits per heavy atom. The molecular formula is C12H16N2O3. The van der Waals surface area contributed by atoms with Gasteiger partial charge in [-0.2, -0.15) is 0 Å². The molecule has 1 aromatic rings. The number of aromatic carboxylic acids is 1. The summed E-state index contributed by atoms with van der Waals surface area (Å²) in [6.45, 7) is 3.35. The van der Waals surface area contributed by atoms with Gasteiger partial charge >= 0.3 is 5.97 Å². The summed E-state index contributed by atoms with van der Waals surface area (Å²) in [5, 5.41) is 9.04. The summed E-state index contributed by atoms with van der Waals surface area (Å²) >= 11 is 0. The van der Waals surface area contributed by atoms with Crippen molar-refractivity contribution in [2.24, 2.45) is 0 Å². The zero-order chi connectivity index (χ0) is 12.4. The first-order valence-corrected chi connectivity index (χ1v) is 5.82. The summed E-state index contributed by atoms with van der Waals surface area (Å²) in [7, 11) is 0. The Bertz CT molecular complexity index is 487. The van der Waals surface area contributed by atoms with E-state index in [1.807, 2.05) is 4.90 Å². The fraction of sp³-hybridized carbons (Fsp3) is 0.500. The molecule has 2 rings (SSSR count). The van der Waals surface area contributed by atoms with Crippen molar-refractivity contribution in [2.45, 2.75) is 26.2 Å². The quantitative estimate of drug-likeness (QED) is 0.813. The Hall–Kier alpha value is -1.78. The van der Waals surface area contributed by atoms with E-state index in [1.54, 1.807) is 6.92 Å². The van der Waals surface area contributed by atoms with Crippen LogP contribution in [0, 0.1) is 6.92 Å². The van der Waals surface area contributed by atoms with Gasteiger partial charge in [-0.15, -0.1) is 0 Å². The van der Waals surface area contributed by atoms with Gasteiger partial charge in [-0.1, -0.05) is 0 Å². The average molecular weight is 236 g/mol. The summed E-state index contributed by atoms with van der Waals surface area (Å²) in [6.07, 6.45) is 4.55. The molecule has 5 nitrogen and oxygen atoms in total. The molecule has 0 aromatic carbocycles. The number of hydrogen-bond donors (Lipinski definition) is 2. The first-order valence-electron chi connectivity index (χ1n) is 5.82. The van der Waals surface area contributed by atoms with Gasteiger partial charge < -0.3 is 15.0 Å². The van der Waals surface area contributed by atoms with Gasteiger partial charge in [-0.3, -0.25) is 4.79 Å². The molecule has 0 aliphatic carbocycles. The van der Waals surface area contributed by atoms with E-state index in [0.29, 0.717) is 11.3 Å². The van der Waals surface area contributed by atoms with E-state index in [9.17, 15) is 9.59 Å². The second kappa shape index (κ2) is 4.61. The van der Waals surface area contributed by atoms with Gasteiger partial charge in [-0.05, 0) is 31.7 Å². The van der Waals surface area contributed by atoms with Crippen molar-refractivity contribution in [2.75, 3.05) is 18.0 Å².